The summed E-state index contributed by atoms with van der Waals surface area (Å²) in [6, 6.07) is 15.4. The molecule has 0 bridgehead atoms. The number of imidazole rings is 1. The molecule has 0 amide bonds. The van der Waals surface area contributed by atoms with Crippen molar-refractivity contribution in [1.29, 1.82) is 0 Å². The summed E-state index contributed by atoms with van der Waals surface area (Å²) in [6.45, 7) is 11.7. The molecule has 2 aromatic carbocycles. The summed E-state index contributed by atoms with van der Waals surface area (Å²) in [5.74, 6) is 1.05. The van der Waals surface area contributed by atoms with E-state index in [0.29, 0.717) is 0 Å². The van der Waals surface area contributed by atoms with E-state index in [1.165, 1.54) is 27.9 Å². The van der Waals surface area contributed by atoms with Crippen molar-refractivity contribution in [3.8, 4) is 5.69 Å². The first-order chi connectivity index (χ1) is 13.1. The zero-order valence-electron chi connectivity index (χ0n) is 16.5. The van der Waals surface area contributed by atoms with Crippen molar-refractivity contribution in [3.05, 3.63) is 77.1 Å². The molecule has 0 unspecified atom stereocenters. The highest BCUT2D eigenvalue weighted by Crippen LogP contribution is 2.21. The Morgan fingerprint density at radius 1 is 0.852 bits per heavy atom. The molecule has 0 N–H and O–H groups in total. The van der Waals surface area contributed by atoms with Crippen LogP contribution >= 0.6 is 0 Å². The van der Waals surface area contributed by atoms with Gasteiger partial charge in [-0.25, -0.2) is 4.98 Å². The number of aromatic nitrogens is 2. The third-order valence-corrected chi connectivity index (χ3v) is 5.49. The topological polar surface area (TPSA) is 24.3 Å². The zero-order chi connectivity index (χ0) is 18.8. The molecule has 2 heterocycles. The molecule has 4 heteroatoms. The van der Waals surface area contributed by atoms with E-state index in [-0.39, 0.29) is 0 Å². The fraction of sp³-hybridized carbons (Fsp3) is 0.348. The van der Waals surface area contributed by atoms with Gasteiger partial charge in [-0.15, -0.1) is 0 Å². The molecule has 3 aromatic rings. The monoisotopic (exact) mass is 360 g/mol. The van der Waals surface area contributed by atoms with Crippen LogP contribution in [0.4, 0.5) is 5.95 Å². The maximum atomic E-state index is 4.64. The van der Waals surface area contributed by atoms with Crippen molar-refractivity contribution in [1.82, 2.24) is 14.5 Å². The fourth-order valence-electron chi connectivity index (χ4n) is 3.75. The van der Waals surface area contributed by atoms with Crippen molar-refractivity contribution in [2.45, 2.75) is 27.3 Å². The Morgan fingerprint density at radius 2 is 1.56 bits per heavy atom. The minimum atomic E-state index is 1.01. The van der Waals surface area contributed by atoms with Gasteiger partial charge < -0.3 is 4.90 Å². The first-order valence-corrected chi connectivity index (χ1v) is 9.74. The number of anilines is 1. The van der Waals surface area contributed by atoms with Gasteiger partial charge in [-0.2, -0.15) is 0 Å². The van der Waals surface area contributed by atoms with Gasteiger partial charge in [0.1, 0.15) is 0 Å². The first kappa shape index (κ1) is 17.8. The average molecular weight is 361 g/mol. The lowest BCUT2D eigenvalue weighted by molar-refractivity contribution is 0.248. The van der Waals surface area contributed by atoms with Gasteiger partial charge >= 0.3 is 0 Å². The second-order valence-electron chi connectivity index (χ2n) is 7.63. The Bertz CT molecular complexity index is 902. The van der Waals surface area contributed by atoms with Crippen molar-refractivity contribution in [2.75, 3.05) is 31.1 Å². The van der Waals surface area contributed by atoms with E-state index in [9.17, 15) is 0 Å². The SMILES string of the molecule is Cc1ccc(-n2ccnc2N2CCN(Cc3cc(C)ccc3C)CC2)cc1. The van der Waals surface area contributed by atoms with E-state index < -0.39 is 0 Å². The van der Waals surface area contributed by atoms with Crippen LogP contribution in [0.15, 0.2) is 54.9 Å². The van der Waals surface area contributed by atoms with Crippen LogP contribution in [-0.2, 0) is 6.54 Å². The van der Waals surface area contributed by atoms with Gasteiger partial charge in [-0.1, -0.05) is 41.5 Å². The average Bonchev–Trinajstić information content (AvgIpc) is 3.16. The van der Waals surface area contributed by atoms with E-state index in [2.05, 4.69) is 88.8 Å². The van der Waals surface area contributed by atoms with Crippen molar-refractivity contribution in [2.24, 2.45) is 0 Å². The molecule has 0 aliphatic carbocycles. The quantitative estimate of drug-likeness (QED) is 0.699. The maximum Gasteiger partial charge on any atom is 0.210 e. The minimum absolute atomic E-state index is 1.01. The fourth-order valence-corrected chi connectivity index (χ4v) is 3.75. The molecule has 4 nitrogen and oxygen atoms in total. The summed E-state index contributed by atoms with van der Waals surface area (Å²) in [5, 5.41) is 0. The van der Waals surface area contributed by atoms with Gasteiger partial charge in [-0.3, -0.25) is 9.47 Å². The summed E-state index contributed by atoms with van der Waals surface area (Å²) >= 11 is 0. The first-order valence-electron chi connectivity index (χ1n) is 9.74. The normalized spacial score (nSPS) is 15.3. The number of piperazine rings is 1. The summed E-state index contributed by atoms with van der Waals surface area (Å²) in [5.41, 5.74) is 6.63. The molecular formula is C23H28N4. The van der Waals surface area contributed by atoms with E-state index in [1.54, 1.807) is 0 Å². The van der Waals surface area contributed by atoms with Crippen LogP contribution in [0.3, 0.4) is 0 Å². The third kappa shape index (κ3) is 3.91. The van der Waals surface area contributed by atoms with Crippen LogP contribution in [0.2, 0.25) is 0 Å². The van der Waals surface area contributed by atoms with E-state index in [1.807, 2.05) is 6.20 Å². The number of hydrogen-bond donors (Lipinski definition) is 0. The van der Waals surface area contributed by atoms with Gasteiger partial charge in [0.25, 0.3) is 0 Å². The van der Waals surface area contributed by atoms with Gasteiger partial charge in [0.2, 0.25) is 5.95 Å². The number of nitrogens with zero attached hydrogens (tertiary/aromatic N) is 4. The lowest BCUT2D eigenvalue weighted by Crippen LogP contribution is -2.46. The van der Waals surface area contributed by atoms with Gasteiger partial charge in [-0.05, 0) is 44.0 Å². The maximum absolute atomic E-state index is 4.64. The number of aryl methyl sites for hydroxylation is 3. The molecule has 140 valence electrons. The summed E-state index contributed by atoms with van der Waals surface area (Å²) in [4.78, 5) is 9.60. The molecular weight excluding hydrogens is 332 g/mol. The summed E-state index contributed by atoms with van der Waals surface area (Å²) in [7, 11) is 0. The Kier molecular flexibility index (Phi) is 4.99. The predicted molar refractivity (Wildman–Crippen MR) is 112 cm³/mol. The summed E-state index contributed by atoms with van der Waals surface area (Å²) < 4.78 is 2.19. The molecule has 1 fully saturated rings. The highest BCUT2D eigenvalue weighted by Gasteiger charge is 2.21. The molecule has 0 spiro atoms. The van der Waals surface area contributed by atoms with Crippen LogP contribution in [0, 0.1) is 20.8 Å². The van der Waals surface area contributed by atoms with Gasteiger partial charge in [0.15, 0.2) is 0 Å². The Morgan fingerprint density at radius 3 is 2.30 bits per heavy atom. The molecule has 1 aliphatic heterocycles. The van der Waals surface area contributed by atoms with Crippen LogP contribution in [0.25, 0.3) is 5.69 Å². The van der Waals surface area contributed by atoms with Gasteiger partial charge in [0.05, 0.1) is 0 Å². The van der Waals surface area contributed by atoms with Crippen LogP contribution in [-0.4, -0.2) is 40.6 Å². The van der Waals surface area contributed by atoms with Crippen LogP contribution in [0.5, 0.6) is 0 Å². The standard InChI is InChI=1S/C23H28N4/c1-18-5-8-22(9-6-18)27-11-10-24-23(27)26-14-12-25(13-15-26)17-21-16-19(2)4-7-20(21)3/h4-11,16H,12-15,17H2,1-3H3. The van der Waals surface area contributed by atoms with Gasteiger partial charge in [0, 0.05) is 50.8 Å². The van der Waals surface area contributed by atoms with E-state index in [0.717, 1.165) is 38.7 Å². The second-order valence-corrected chi connectivity index (χ2v) is 7.63. The van der Waals surface area contributed by atoms with Crippen molar-refractivity contribution in [3.63, 3.8) is 0 Å². The van der Waals surface area contributed by atoms with Crippen LogP contribution < -0.4 is 4.90 Å². The van der Waals surface area contributed by atoms with E-state index in [4.69, 9.17) is 0 Å². The van der Waals surface area contributed by atoms with Crippen molar-refractivity contribution < 1.29 is 0 Å². The zero-order valence-corrected chi connectivity index (χ0v) is 16.5. The third-order valence-electron chi connectivity index (χ3n) is 5.49. The molecule has 1 saturated heterocycles. The Balaban J connectivity index is 1.43. The molecule has 0 atom stereocenters. The lowest BCUT2D eigenvalue weighted by Gasteiger charge is -2.35. The highest BCUT2D eigenvalue weighted by atomic mass is 15.3. The van der Waals surface area contributed by atoms with E-state index >= 15 is 0 Å². The number of rotatable bonds is 4. The molecule has 0 radical (unpaired) electrons. The molecule has 1 aliphatic rings. The Hall–Kier alpha value is -2.59. The predicted octanol–water partition coefficient (Wildman–Crippen LogP) is 4.12. The lowest BCUT2D eigenvalue weighted by atomic mass is 10.0. The molecule has 4 rings (SSSR count). The Labute approximate surface area is 162 Å². The largest absolute Gasteiger partial charge is 0.339 e. The smallest absolute Gasteiger partial charge is 0.210 e. The second kappa shape index (κ2) is 7.57. The molecule has 27 heavy (non-hydrogen) atoms. The highest BCUT2D eigenvalue weighted by molar-refractivity contribution is 5.45. The number of benzene rings is 2. The van der Waals surface area contributed by atoms with Crippen LogP contribution in [0.1, 0.15) is 22.3 Å². The molecule has 1 aromatic heterocycles. The number of hydrogen-bond acceptors (Lipinski definition) is 3. The minimum Gasteiger partial charge on any atom is -0.339 e. The summed E-state index contributed by atoms with van der Waals surface area (Å²) in [6.07, 6.45) is 3.96. The molecule has 0 saturated carbocycles. The van der Waals surface area contributed by atoms with Crippen molar-refractivity contribution >= 4 is 5.95 Å².